The summed E-state index contributed by atoms with van der Waals surface area (Å²) in [6, 6.07) is 7.90. The van der Waals surface area contributed by atoms with Gasteiger partial charge >= 0.3 is 0 Å². The molecule has 1 N–H and O–H groups in total. The van der Waals surface area contributed by atoms with Gasteiger partial charge in [-0.15, -0.1) is 0 Å². The average molecular weight is 495 g/mol. The van der Waals surface area contributed by atoms with Crippen LogP contribution in [0.15, 0.2) is 35.2 Å². The van der Waals surface area contributed by atoms with Crippen LogP contribution in [0.3, 0.4) is 0 Å². The van der Waals surface area contributed by atoms with E-state index in [-0.39, 0.29) is 28.9 Å². The van der Waals surface area contributed by atoms with Crippen molar-refractivity contribution in [1.82, 2.24) is 10.3 Å². The summed E-state index contributed by atoms with van der Waals surface area (Å²) in [5.41, 5.74) is 0.972. The first kappa shape index (κ1) is 19.9. The van der Waals surface area contributed by atoms with Crippen LogP contribution in [0.5, 0.6) is 5.88 Å². The van der Waals surface area contributed by atoms with Crippen LogP contribution in [0.4, 0.5) is 0 Å². The average Bonchev–Trinajstić information content (AvgIpc) is 2.56. The second-order valence-corrected chi connectivity index (χ2v) is 8.70. The Balaban J connectivity index is 2.10. The summed E-state index contributed by atoms with van der Waals surface area (Å²) in [6.45, 7) is 2.44. The third-order valence-corrected chi connectivity index (χ3v) is 5.86. The van der Waals surface area contributed by atoms with Gasteiger partial charge in [-0.05, 0) is 53.3 Å². The van der Waals surface area contributed by atoms with Crippen molar-refractivity contribution < 1.29 is 17.9 Å². The van der Waals surface area contributed by atoms with E-state index in [1.165, 1.54) is 12.1 Å². The monoisotopic (exact) mass is 494 g/mol. The summed E-state index contributed by atoms with van der Waals surface area (Å²) in [7, 11) is -3.24. The molecule has 0 radical (unpaired) electrons. The van der Waals surface area contributed by atoms with Gasteiger partial charge in [0, 0.05) is 16.4 Å². The number of rotatable bonds is 6. The molecular weight excluding hydrogens is 479 g/mol. The minimum Gasteiger partial charge on any atom is -0.477 e. The molecule has 9 heteroatoms. The van der Waals surface area contributed by atoms with Gasteiger partial charge in [0.1, 0.15) is 10.7 Å². The number of nitrogens with zero attached hydrogens (tertiary/aromatic N) is 1. The molecule has 2 rings (SSSR count). The maximum Gasteiger partial charge on any atom is 0.270 e. The second kappa shape index (κ2) is 8.33. The van der Waals surface area contributed by atoms with Crippen LogP contribution in [-0.2, 0) is 16.4 Å². The van der Waals surface area contributed by atoms with Gasteiger partial charge in [-0.25, -0.2) is 13.4 Å². The normalized spacial score (nSPS) is 11.2. The molecule has 0 spiro atoms. The number of nitrogens with one attached hydrogen (secondary N) is 1. The number of hydrogen-bond donors (Lipinski definition) is 1. The van der Waals surface area contributed by atoms with Crippen LogP contribution in [0.25, 0.3) is 0 Å². The van der Waals surface area contributed by atoms with Crippen LogP contribution in [0.2, 0.25) is 5.02 Å². The highest BCUT2D eigenvalue weighted by Gasteiger charge is 2.15. The Morgan fingerprint density at radius 3 is 2.52 bits per heavy atom. The number of carbonyl (C=O) groups excluding carboxylic acids is 1. The highest BCUT2D eigenvalue weighted by molar-refractivity contribution is 14.1. The molecule has 0 fully saturated rings. The van der Waals surface area contributed by atoms with Crippen LogP contribution < -0.4 is 10.1 Å². The number of hydrogen-bond acceptors (Lipinski definition) is 5. The lowest BCUT2D eigenvalue weighted by molar-refractivity contribution is 0.0944. The van der Waals surface area contributed by atoms with E-state index in [0.29, 0.717) is 15.2 Å². The Morgan fingerprint density at radius 1 is 1.32 bits per heavy atom. The zero-order valence-corrected chi connectivity index (χ0v) is 17.3. The third kappa shape index (κ3) is 5.29. The number of pyridine rings is 1. The lowest BCUT2D eigenvalue weighted by atomic mass is 10.2. The Bertz CT molecular complexity index is 886. The number of aromatic nitrogens is 1. The van der Waals surface area contributed by atoms with Crippen molar-refractivity contribution in [1.29, 1.82) is 0 Å². The second-order valence-electron chi connectivity index (χ2n) is 5.14. The highest BCUT2D eigenvalue weighted by Crippen LogP contribution is 2.28. The maximum atomic E-state index is 12.3. The first-order chi connectivity index (χ1) is 11.7. The standard InChI is InChI=1S/C16H16ClIN2O4S/c1-3-24-16-14(17)12(18)8-13(20-16)15(21)19-9-10-4-6-11(7-5-10)25(2,22)23/h4-8H,3,9H2,1-2H3,(H,19,21). The fourth-order valence-electron chi connectivity index (χ4n) is 1.95. The van der Waals surface area contributed by atoms with Gasteiger partial charge in [-0.3, -0.25) is 4.79 Å². The Hall–Kier alpha value is -1.39. The lowest BCUT2D eigenvalue weighted by Gasteiger charge is -2.10. The summed E-state index contributed by atoms with van der Waals surface area (Å²) in [4.78, 5) is 16.7. The molecule has 1 aromatic heterocycles. The number of halogens is 2. The fourth-order valence-corrected chi connectivity index (χ4v) is 3.26. The summed E-state index contributed by atoms with van der Waals surface area (Å²) in [5.74, 6) is -0.151. The fraction of sp³-hybridized carbons (Fsp3) is 0.250. The minimum absolute atomic E-state index is 0.199. The van der Waals surface area contributed by atoms with Gasteiger partial charge in [-0.1, -0.05) is 23.7 Å². The molecule has 0 aliphatic rings. The van der Waals surface area contributed by atoms with Crippen molar-refractivity contribution in [2.75, 3.05) is 12.9 Å². The predicted molar refractivity (Wildman–Crippen MR) is 104 cm³/mol. The first-order valence-corrected chi connectivity index (χ1v) is 10.6. The van der Waals surface area contributed by atoms with E-state index in [0.717, 1.165) is 11.8 Å². The Kier molecular flexibility index (Phi) is 6.64. The summed E-state index contributed by atoms with van der Waals surface area (Å²) < 4.78 is 28.9. The highest BCUT2D eigenvalue weighted by atomic mass is 127. The van der Waals surface area contributed by atoms with E-state index in [1.54, 1.807) is 25.1 Å². The number of ether oxygens (including phenoxy) is 1. The van der Waals surface area contributed by atoms with E-state index in [2.05, 4.69) is 10.3 Å². The number of sulfone groups is 1. The Labute approximate surface area is 165 Å². The van der Waals surface area contributed by atoms with E-state index in [4.69, 9.17) is 16.3 Å². The van der Waals surface area contributed by atoms with Crippen molar-refractivity contribution in [2.24, 2.45) is 0 Å². The molecular formula is C16H16ClIN2O4S. The summed E-state index contributed by atoms with van der Waals surface area (Å²) in [5, 5.41) is 3.11. The van der Waals surface area contributed by atoms with Gasteiger partial charge in [-0.2, -0.15) is 0 Å². The summed E-state index contributed by atoms with van der Waals surface area (Å²) >= 11 is 8.11. The lowest BCUT2D eigenvalue weighted by Crippen LogP contribution is -2.24. The van der Waals surface area contributed by atoms with Gasteiger partial charge in [0.15, 0.2) is 9.84 Å². The molecule has 2 aromatic rings. The molecule has 134 valence electrons. The van der Waals surface area contributed by atoms with Gasteiger partial charge in [0.05, 0.1) is 11.5 Å². The maximum absolute atomic E-state index is 12.3. The first-order valence-electron chi connectivity index (χ1n) is 7.28. The third-order valence-electron chi connectivity index (χ3n) is 3.20. The smallest absolute Gasteiger partial charge is 0.270 e. The Morgan fingerprint density at radius 2 is 1.96 bits per heavy atom. The minimum atomic E-state index is -3.24. The molecule has 0 unspecified atom stereocenters. The predicted octanol–water partition coefficient (Wildman–Crippen LogP) is 3.07. The van der Waals surface area contributed by atoms with Crippen molar-refractivity contribution >= 4 is 49.9 Å². The molecule has 0 aliphatic carbocycles. The molecule has 0 atom stereocenters. The number of benzene rings is 1. The van der Waals surface area contributed by atoms with Gasteiger partial charge in [0.2, 0.25) is 5.88 Å². The van der Waals surface area contributed by atoms with Crippen LogP contribution in [0, 0.1) is 3.57 Å². The molecule has 0 aliphatic heterocycles. The molecule has 1 amide bonds. The van der Waals surface area contributed by atoms with E-state index in [1.807, 2.05) is 22.6 Å². The van der Waals surface area contributed by atoms with Crippen LogP contribution >= 0.6 is 34.2 Å². The topological polar surface area (TPSA) is 85.4 Å². The zero-order valence-electron chi connectivity index (χ0n) is 13.5. The van der Waals surface area contributed by atoms with E-state index >= 15 is 0 Å². The SMILES string of the molecule is CCOc1nc(C(=O)NCc2ccc(S(C)(=O)=O)cc2)cc(I)c1Cl. The van der Waals surface area contributed by atoms with E-state index in [9.17, 15) is 13.2 Å². The van der Waals surface area contributed by atoms with Crippen molar-refractivity contribution in [3.63, 3.8) is 0 Å². The van der Waals surface area contributed by atoms with Crippen molar-refractivity contribution in [2.45, 2.75) is 18.4 Å². The van der Waals surface area contributed by atoms with Crippen LogP contribution in [0.1, 0.15) is 23.0 Å². The molecule has 1 heterocycles. The zero-order chi connectivity index (χ0) is 18.6. The number of carbonyl (C=O) groups is 1. The number of amides is 1. The molecule has 1 aromatic carbocycles. The molecule has 6 nitrogen and oxygen atoms in total. The molecule has 0 saturated heterocycles. The molecule has 0 bridgehead atoms. The van der Waals surface area contributed by atoms with E-state index < -0.39 is 9.84 Å². The summed E-state index contributed by atoms with van der Waals surface area (Å²) in [6.07, 6.45) is 1.15. The van der Waals surface area contributed by atoms with Crippen molar-refractivity contribution in [3.8, 4) is 5.88 Å². The van der Waals surface area contributed by atoms with Gasteiger partial charge in [0.25, 0.3) is 5.91 Å². The van der Waals surface area contributed by atoms with Crippen molar-refractivity contribution in [3.05, 3.63) is 50.2 Å². The quantitative estimate of drug-likeness (QED) is 0.624. The largest absolute Gasteiger partial charge is 0.477 e. The van der Waals surface area contributed by atoms with Gasteiger partial charge < -0.3 is 10.1 Å². The molecule has 0 saturated carbocycles. The van der Waals surface area contributed by atoms with Crippen LogP contribution in [-0.4, -0.2) is 32.2 Å². The molecule has 25 heavy (non-hydrogen) atoms.